The van der Waals surface area contributed by atoms with Crippen molar-refractivity contribution in [3.05, 3.63) is 16.1 Å². The lowest BCUT2D eigenvalue weighted by Gasteiger charge is -2.24. The van der Waals surface area contributed by atoms with Crippen LogP contribution in [0.2, 0.25) is 0 Å². The van der Waals surface area contributed by atoms with Crippen LogP contribution in [0.4, 0.5) is 0 Å². The number of hydrogen-bond acceptors (Lipinski definition) is 4. The smallest absolute Gasteiger partial charge is 0.224 e. The van der Waals surface area contributed by atoms with Gasteiger partial charge < -0.3 is 10.6 Å². The van der Waals surface area contributed by atoms with Gasteiger partial charge in [-0.1, -0.05) is 0 Å². The average Bonchev–Trinajstić information content (AvgIpc) is 3.19. The van der Waals surface area contributed by atoms with Crippen LogP contribution in [0.25, 0.3) is 0 Å². The van der Waals surface area contributed by atoms with Crippen molar-refractivity contribution in [2.45, 2.75) is 38.6 Å². The lowest BCUT2D eigenvalue weighted by molar-refractivity contribution is -0.126. The Bertz CT molecular complexity index is 459. The van der Waals surface area contributed by atoms with Crippen LogP contribution in [0.5, 0.6) is 0 Å². The van der Waals surface area contributed by atoms with Crippen molar-refractivity contribution in [2.75, 3.05) is 13.1 Å². The Balaban J connectivity index is 0.00000110. The molecule has 1 aromatic rings. The van der Waals surface area contributed by atoms with Gasteiger partial charge in [-0.05, 0) is 45.1 Å². The molecule has 3 rings (SSSR count). The summed E-state index contributed by atoms with van der Waals surface area (Å²) >= 11 is 1.67. The summed E-state index contributed by atoms with van der Waals surface area (Å²) in [7, 11) is 0. The molecule has 1 aliphatic heterocycles. The minimum Gasteiger partial charge on any atom is -0.346 e. The van der Waals surface area contributed by atoms with Crippen LogP contribution in [0.3, 0.4) is 0 Å². The molecule has 1 aromatic heterocycles. The number of carbonyl (C=O) groups is 1. The fourth-order valence-electron chi connectivity index (χ4n) is 2.67. The maximum absolute atomic E-state index is 12.3. The van der Waals surface area contributed by atoms with Crippen LogP contribution in [0, 0.1) is 18.8 Å². The third-order valence-corrected chi connectivity index (χ3v) is 5.01. The molecule has 1 saturated carbocycles. The highest BCUT2D eigenvalue weighted by Crippen LogP contribution is 2.42. The molecule has 2 unspecified atom stereocenters. The molecule has 1 saturated heterocycles. The van der Waals surface area contributed by atoms with Crippen LogP contribution in [-0.2, 0) is 4.79 Å². The van der Waals surface area contributed by atoms with Crippen LogP contribution in [0.1, 0.15) is 42.4 Å². The number of halogens is 2. The second-order valence-corrected chi connectivity index (χ2v) is 6.58. The van der Waals surface area contributed by atoms with Gasteiger partial charge in [0.05, 0.1) is 12.0 Å². The van der Waals surface area contributed by atoms with Gasteiger partial charge in [-0.25, -0.2) is 4.98 Å². The van der Waals surface area contributed by atoms with E-state index in [-0.39, 0.29) is 42.7 Å². The van der Waals surface area contributed by atoms with E-state index in [0.29, 0.717) is 5.92 Å². The van der Waals surface area contributed by atoms with Crippen molar-refractivity contribution in [3.63, 3.8) is 0 Å². The number of aromatic nitrogens is 1. The highest BCUT2D eigenvalue weighted by molar-refractivity contribution is 7.09. The monoisotopic (exact) mass is 351 g/mol. The fourth-order valence-corrected chi connectivity index (χ4v) is 3.61. The predicted molar refractivity (Wildman–Crippen MR) is 90.5 cm³/mol. The SMILES string of the molecule is Cc1csc(C(NC(=O)C2CCCNC2)C2CC2)n1.Cl.Cl. The van der Waals surface area contributed by atoms with Gasteiger partial charge in [0, 0.05) is 17.6 Å². The maximum Gasteiger partial charge on any atom is 0.224 e. The standard InChI is InChI=1S/C14H21N3OS.2ClH/c1-9-8-19-14(16-9)12(10-4-5-10)17-13(18)11-3-2-6-15-7-11;;/h8,10-12,15H,2-7H2,1H3,(H,17,18);2*1H. The van der Waals surface area contributed by atoms with Crippen molar-refractivity contribution in [1.82, 2.24) is 15.6 Å². The number of rotatable bonds is 4. The van der Waals surface area contributed by atoms with Crippen molar-refractivity contribution in [3.8, 4) is 0 Å². The van der Waals surface area contributed by atoms with E-state index >= 15 is 0 Å². The van der Waals surface area contributed by atoms with Crippen LogP contribution >= 0.6 is 36.2 Å². The number of carbonyl (C=O) groups excluding carboxylic acids is 1. The first kappa shape index (κ1) is 18.7. The molecule has 2 heterocycles. The molecule has 0 aromatic carbocycles. The topological polar surface area (TPSA) is 54.0 Å². The first-order valence-corrected chi connectivity index (χ1v) is 8.05. The third kappa shape index (κ3) is 4.81. The molecule has 4 nitrogen and oxygen atoms in total. The summed E-state index contributed by atoms with van der Waals surface area (Å²) < 4.78 is 0. The summed E-state index contributed by atoms with van der Waals surface area (Å²) in [5.41, 5.74) is 1.05. The number of nitrogens with one attached hydrogen (secondary N) is 2. The van der Waals surface area contributed by atoms with Gasteiger partial charge in [0.25, 0.3) is 0 Å². The number of aryl methyl sites for hydroxylation is 1. The fraction of sp³-hybridized carbons (Fsp3) is 0.714. The van der Waals surface area contributed by atoms with E-state index in [0.717, 1.165) is 36.6 Å². The summed E-state index contributed by atoms with van der Waals surface area (Å²) in [5, 5.41) is 9.70. The first-order chi connectivity index (χ1) is 9.24. The first-order valence-electron chi connectivity index (χ1n) is 7.17. The molecule has 2 aliphatic rings. The van der Waals surface area contributed by atoms with E-state index in [1.54, 1.807) is 11.3 Å². The summed E-state index contributed by atoms with van der Waals surface area (Å²) in [5.74, 6) is 0.944. The van der Waals surface area contributed by atoms with Gasteiger partial charge >= 0.3 is 0 Å². The molecule has 2 fully saturated rings. The van der Waals surface area contributed by atoms with E-state index < -0.39 is 0 Å². The van der Waals surface area contributed by atoms with Gasteiger partial charge in [-0.3, -0.25) is 4.79 Å². The summed E-state index contributed by atoms with van der Waals surface area (Å²) in [6.07, 6.45) is 4.54. The second kappa shape index (κ2) is 8.32. The van der Waals surface area contributed by atoms with Crippen LogP contribution in [-0.4, -0.2) is 24.0 Å². The van der Waals surface area contributed by atoms with E-state index in [1.807, 2.05) is 6.92 Å². The molecule has 1 aliphatic carbocycles. The lowest BCUT2D eigenvalue weighted by atomic mass is 9.98. The third-order valence-electron chi connectivity index (χ3n) is 3.96. The van der Waals surface area contributed by atoms with Crippen LogP contribution in [0.15, 0.2) is 5.38 Å². The van der Waals surface area contributed by atoms with Crippen LogP contribution < -0.4 is 10.6 Å². The van der Waals surface area contributed by atoms with Gasteiger partial charge in [0.15, 0.2) is 0 Å². The van der Waals surface area contributed by atoms with Gasteiger partial charge in [-0.15, -0.1) is 36.2 Å². The summed E-state index contributed by atoms with van der Waals surface area (Å²) in [6.45, 7) is 3.87. The van der Waals surface area contributed by atoms with Crippen molar-refractivity contribution < 1.29 is 4.79 Å². The zero-order valence-electron chi connectivity index (χ0n) is 12.1. The lowest BCUT2D eigenvalue weighted by Crippen LogP contribution is -2.42. The molecular formula is C14H23Cl2N3OS. The van der Waals surface area contributed by atoms with Crippen molar-refractivity contribution in [2.24, 2.45) is 11.8 Å². The Kier molecular flexibility index (Phi) is 7.40. The number of amides is 1. The molecule has 2 N–H and O–H groups in total. The highest BCUT2D eigenvalue weighted by atomic mass is 35.5. The normalized spacial score (nSPS) is 22.6. The zero-order chi connectivity index (χ0) is 13.2. The Morgan fingerprint density at radius 2 is 2.19 bits per heavy atom. The molecule has 7 heteroatoms. The number of piperidine rings is 1. The Hall–Kier alpha value is -0.360. The molecule has 0 radical (unpaired) electrons. The minimum absolute atomic E-state index is 0. The van der Waals surface area contributed by atoms with Gasteiger partial charge in [0.1, 0.15) is 5.01 Å². The van der Waals surface area contributed by atoms with E-state index in [9.17, 15) is 4.79 Å². The van der Waals surface area contributed by atoms with Gasteiger partial charge in [-0.2, -0.15) is 0 Å². The Morgan fingerprint density at radius 3 is 2.71 bits per heavy atom. The molecule has 120 valence electrons. The van der Waals surface area contributed by atoms with Crippen molar-refractivity contribution >= 4 is 42.1 Å². The second-order valence-electron chi connectivity index (χ2n) is 5.69. The highest BCUT2D eigenvalue weighted by Gasteiger charge is 2.36. The average molecular weight is 352 g/mol. The van der Waals surface area contributed by atoms with E-state index in [2.05, 4.69) is 21.0 Å². The largest absolute Gasteiger partial charge is 0.346 e. The van der Waals surface area contributed by atoms with E-state index in [4.69, 9.17) is 0 Å². The Labute approximate surface area is 142 Å². The molecule has 0 spiro atoms. The summed E-state index contributed by atoms with van der Waals surface area (Å²) in [6, 6.07) is 0.146. The molecular weight excluding hydrogens is 329 g/mol. The molecule has 2 atom stereocenters. The van der Waals surface area contributed by atoms with Gasteiger partial charge in [0.2, 0.25) is 5.91 Å². The minimum atomic E-state index is 0. The van der Waals surface area contributed by atoms with Crippen molar-refractivity contribution in [1.29, 1.82) is 0 Å². The van der Waals surface area contributed by atoms with E-state index in [1.165, 1.54) is 12.8 Å². The summed E-state index contributed by atoms with van der Waals surface area (Å²) in [4.78, 5) is 16.9. The molecule has 1 amide bonds. The number of nitrogens with zero attached hydrogens (tertiary/aromatic N) is 1. The zero-order valence-corrected chi connectivity index (χ0v) is 14.6. The quantitative estimate of drug-likeness (QED) is 0.876. The number of thiazole rings is 1. The maximum atomic E-state index is 12.3. The predicted octanol–water partition coefficient (Wildman–Crippen LogP) is 2.86. The Morgan fingerprint density at radius 1 is 1.43 bits per heavy atom. The number of hydrogen-bond donors (Lipinski definition) is 2. The molecule has 21 heavy (non-hydrogen) atoms. The molecule has 0 bridgehead atoms.